The molecule has 0 heterocycles. The van der Waals surface area contributed by atoms with E-state index in [1.807, 2.05) is 0 Å². The summed E-state index contributed by atoms with van der Waals surface area (Å²) in [5.41, 5.74) is 1.10. The molecular weight excluding hydrogens is 208 g/mol. The molecule has 0 spiro atoms. The van der Waals surface area contributed by atoms with Crippen molar-refractivity contribution in [1.29, 1.82) is 0 Å². The number of hydrogen-bond acceptors (Lipinski definition) is 4. The highest BCUT2D eigenvalue weighted by molar-refractivity contribution is 5.66. The van der Waals surface area contributed by atoms with Crippen LogP contribution in [0.5, 0.6) is 0 Å². The van der Waals surface area contributed by atoms with Crippen LogP contribution in [0.2, 0.25) is 0 Å². The van der Waals surface area contributed by atoms with Crippen molar-refractivity contribution in [2.45, 2.75) is 39.5 Å². The van der Waals surface area contributed by atoms with E-state index >= 15 is 0 Å². The van der Waals surface area contributed by atoms with E-state index in [-0.39, 0.29) is 11.9 Å². The van der Waals surface area contributed by atoms with Crippen molar-refractivity contribution in [3.05, 3.63) is 12.2 Å². The molecule has 92 valence electrons. The molecule has 0 amide bonds. The Morgan fingerprint density at radius 1 is 0.938 bits per heavy atom. The van der Waals surface area contributed by atoms with Crippen LogP contribution in [0.3, 0.4) is 0 Å². The topological polar surface area (TPSA) is 52.6 Å². The maximum absolute atomic E-state index is 10.5. The monoisotopic (exact) mass is 228 g/mol. The highest BCUT2D eigenvalue weighted by Crippen LogP contribution is 2.09. The van der Waals surface area contributed by atoms with Crippen molar-refractivity contribution in [3.63, 3.8) is 0 Å². The first-order chi connectivity index (χ1) is 7.52. The van der Waals surface area contributed by atoms with Gasteiger partial charge in [0.25, 0.3) is 0 Å². The molecule has 0 aromatic rings. The van der Waals surface area contributed by atoms with Gasteiger partial charge in [0.15, 0.2) is 0 Å². The summed E-state index contributed by atoms with van der Waals surface area (Å²) in [6.45, 7) is 7.59. The van der Waals surface area contributed by atoms with Gasteiger partial charge in [-0.05, 0) is 25.7 Å². The van der Waals surface area contributed by atoms with Gasteiger partial charge in [-0.3, -0.25) is 9.59 Å². The van der Waals surface area contributed by atoms with E-state index in [2.05, 4.69) is 6.58 Å². The summed E-state index contributed by atoms with van der Waals surface area (Å²) in [5.74, 6) is -0.499. The van der Waals surface area contributed by atoms with E-state index < -0.39 is 0 Å². The maximum Gasteiger partial charge on any atom is 0.302 e. The summed E-state index contributed by atoms with van der Waals surface area (Å²) in [6.07, 6.45) is 3.28. The first-order valence-corrected chi connectivity index (χ1v) is 5.45. The third-order valence-electron chi connectivity index (χ3n) is 1.96. The van der Waals surface area contributed by atoms with E-state index in [4.69, 9.17) is 9.47 Å². The number of hydrogen-bond donors (Lipinski definition) is 0. The molecular formula is C12H20O4. The Bertz CT molecular complexity index is 221. The van der Waals surface area contributed by atoms with Crippen LogP contribution in [-0.2, 0) is 19.1 Å². The second-order valence-electron chi connectivity index (χ2n) is 3.64. The zero-order valence-corrected chi connectivity index (χ0v) is 10.1. The Labute approximate surface area is 96.6 Å². The average Bonchev–Trinajstić information content (AvgIpc) is 2.19. The molecule has 4 nitrogen and oxygen atoms in total. The average molecular weight is 228 g/mol. The van der Waals surface area contributed by atoms with Crippen molar-refractivity contribution >= 4 is 11.9 Å². The summed E-state index contributed by atoms with van der Waals surface area (Å²) < 4.78 is 9.60. The van der Waals surface area contributed by atoms with E-state index in [9.17, 15) is 9.59 Å². The third-order valence-corrected chi connectivity index (χ3v) is 1.96. The first-order valence-electron chi connectivity index (χ1n) is 5.45. The Kier molecular flexibility index (Phi) is 8.21. The van der Waals surface area contributed by atoms with Gasteiger partial charge in [0.2, 0.25) is 0 Å². The van der Waals surface area contributed by atoms with Crippen LogP contribution in [0.15, 0.2) is 12.2 Å². The molecule has 0 fully saturated rings. The van der Waals surface area contributed by atoms with Gasteiger partial charge in [0.1, 0.15) is 0 Å². The number of rotatable bonds is 8. The Balaban J connectivity index is 3.31. The summed E-state index contributed by atoms with van der Waals surface area (Å²) in [4.78, 5) is 20.9. The molecule has 0 radical (unpaired) electrons. The highest BCUT2D eigenvalue weighted by atomic mass is 16.5. The lowest BCUT2D eigenvalue weighted by Crippen LogP contribution is -2.02. The SMILES string of the molecule is C=C(CCCOC(C)=O)CCCOC(C)=O. The fourth-order valence-electron chi connectivity index (χ4n) is 1.20. The van der Waals surface area contributed by atoms with Gasteiger partial charge in [0.05, 0.1) is 13.2 Å². The molecule has 0 saturated carbocycles. The van der Waals surface area contributed by atoms with Gasteiger partial charge in [-0.1, -0.05) is 12.2 Å². The fourth-order valence-corrected chi connectivity index (χ4v) is 1.20. The molecule has 0 saturated heterocycles. The molecule has 4 heteroatoms. The minimum absolute atomic E-state index is 0.250. The van der Waals surface area contributed by atoms with E-state index in [0.29, 0.717) is 13.2 Å². The second kappa shape index (κ2) is 8.95. The van der Waals surface area contributed by atoms with E-state index in [1.165, 1.54) is 13.8 Å². The summed E-state index contributed by atoms with van der Waals surface area (Å²) in [6, 6.07) is 0. The number of esters is 2. The fraction of sp³-hybridized carbons (Fsp3) is 0.667. The third kappa shape index (κ3) is 10.8. The summed E-state index contributed by atoms with van der Waals surface area (Å²) >= 11 is 0. The van der Waals surface area contributed by atoms with Gasteiger partial charge in [0, 0.05) is 13.8 Å². The number of carbonyl (C=O) groups excluding carboxylic acids is 2. The van der Waals surface area contributed by atoms with Crippen LogP contribution in [0, 0.1) is 0 Å². The summed E-state index contributed by atoms with van der Waals surface area (Å²) in [7, 11) is 0. The Morgan fingerprint density at radius 2 is 1.31 bits per heavy atom. The molecule has 0 aromatic carbocycles. The first kappa shape index (κ1) is 14.7. The van der Waals surface area contributed by atoms with Crippen molar-refractivity contribution in [2.24, 2.45) is 0 Å². The molecule has 0 N–H and O–H groups in total. The maximum atomic E-state index is 10.5. The smallest absolute Gasteiger partial charge is 0.302 e. The van der Waals surface area contributed by atoms with Crippen LogP contribution in [0.25, 0.3) is 0 Å². The van der Waals surface area contributed by atoms with E-state index in [1.54, 1.807) is 0 Å². The molecule has 0 aliphatic rings. The van der Waals surface area contributed by atoms with Crippen molar-refractivity contribution in [2.75, 3.05) is 13.2 Å². The van der Waals surface area contributed by atoms with Crippen LogP contribution in [-0.4, -0.2) is 25.2 Å². The number of carbonyl (C=O) groups is 2. The number of allylic oxidation sites excluding steroid dienone is 1. The normalized spacial score (nSPS) is 9.62. The lowest BCUT2D eigenvalue weighted by molar-refractivity contribution is -0.141. The number of ether oxygens (including phenoxy) is 2. The molecule has 0 bridgehead atoms. The lowest BCUT2D eigenvalue weighted by Gasteiger charge is -2.06. The molecule has 0 aromatic heterocycles. The molecule has 0 aliphatic carbocycles. The van der Waals surface area contributed by atoms with Crippen LogP contribution in [0.1, 0.15) is 39.5 Å². The minimum atomic E-state index is -0.250. The highest BCUT2D eigenvalue weighted by Gasteiger charge is 1.98. The van der Waals surface area contributed by atoms with E-state index in [0.717, 1.165) is 31.3 Å². The van der Waals surface area contributed by atoms with Crippen LogP contribution >= 0.6 is 0 Å². The van der Waals surface area contributed by atoms with Gasteiger partial charge in [-0.15, -0.1) is 0 Å². The summed E-state index contributed by atoms with van der Waals surface area (Å²) in [5, 5.41) is 0. The predicted molar refractivity (Wildman–Crippen MR) is 60.9 cm³/mol. The molecule has 0 unspecified atom stereocenters. The standard InChI is InChI=1S/C12H20O4/c1-10(6-4-8-15-11(2)13)7-5-9-16-12(3)14/h1,4-9H2,2-3H3. The molecule has 16 heavy (non-hydrogen) atoms. The Morgan fingerprint density at radius 3 is 1.62 bits per heavy atom. The zero-order chi connectivity index (χ0) is 12.4. The van der Waals surface area contributed by atoms with Crippen LogP contribution < -0.4 is 0 Å². The van der Waals surface area contributed by atoms with Crippen molar-refractivity contribution in [1.82, 2.24) is 0 Å². The van der Waals surface area contributed by atoms with Crippen LogP contribution in [0.4, 0.5) is 0 Å². The molecule has 0 atom stereocenters. The largest absolute Gasteiger partial charge is 0.466 e. The zero-order valence-electron chi connectivity index (χ0n) is 10.1. The van der Waals surface area contributed by atoms with Gasteiger partial charge >= 0.3 is 11.9 Å². The van der Waals surface area contributed by atoms with Gasteiger partial charge in [-0.25, -0.2) is 0 Å². The Hall–Kier alpha value is -1.32. The quantitative estimate of drug-likeness (QED) is 0.363. The van der Waals surface area contributed by atoms with Crippen molar-refractivity contribution in [3.8, 4) is 0 Å². The predicted octanol–water partition coefficient (Wildman–Crippen LogP) is 2.23. The second-order valence-corrected chi connectivity index (χ2v) is 3.64. The van der Waals surface area contributed by atoms with Gasteiger partial charge < -0.3 is 9.47 Å². The van der Waals surface area contributed by atoms with Crippen molar-refractivity contribution < 1.29 is 19.1 Å². The van der Waals surface area contributed by atoms with Gasteiger partial charge in [-0.2, -0.15) is 0 Å². The minimum Gasteiger partial charge on any atom is -0.466 e. The lowest BCUT2D eigenvalue weighted by atomic mass is 10.1. The molecule has 0 rings (SSSR count). The molecule has 0 aliphatic heterocycles.